The fourth-order valence-electron chi connectivity index (χ4n) is 2.26. The first-order valence-corrected chi connectivity index (χ1v) is 6.09. The van der Waals surface area contributed by atoms with Gasteiger partial charge in [0.25, 0.3) is 0 Å². The van der Waals surface area contributed by atoms with E-state index in [1.165, 1.54) is 0 Å². The van der Waals surface area contributed by atoms with Gasteiger partial charge in [-0.2, -0.15) is 5.26 Å². The molecule has 1 heterocycles. The van der Waals surface area contributed by atoms with Crippen molar-refractivity contribution in [1.29, 1.82) is 5.26 Å². The lowest BCUT2D eigenvalue weighted by Gasteiger charge is -2.22. The summed E-state index contributed by atoms with van der Waals surface area (Å²) in [5.74, 6) is -3.24. The van der Waals surface area contributed by atoms with Crippen LogP contribution in [-0.2, 0) is 9.53 Å². The SMILES string of the molecule is N#CC(C(=O)C1CCOCC1)c1cc(F)cc(F)c1. The third-order valence-electron chi connectivity index (χ3n) is 3.26. The van der Waals surface area contributed by atoms with Gasteiger partial charge in [0, 0.05) is 25.2 Å². The topological polar surface area (TPSA) is 50.1 Å². The molecule has 1 atom stereocenters. The van der Waals surface area contributed by atoms with Crippen LogP contribution in [0.1, 0.15) is 24.3 Å². The van der Waals surface area contributed by atoms with Crippen molar-refractivity contribution in [1.82, 2.24) is 0 Å². The van der Waals surface area contributed by atoms with Gasteiger partial charge < -0.3 is 4.74 Å². The van der Waals surface area contributed by atoms with Crippen LogP contribution in [0.15, 0.2) is 18.2 Å². The number of hydrogen-bond acceptors (Lipinski definition) is 3. The molecule has 0 spiro atoms. The number of nitrogens with zero attached hydrogens (tertiary/aromatic N) is 1. The van der Waals surface area contributed by atoms with E-state index in [1.54, 1.807) is 0 Å². The molecule has 0 saturated carbocycles. The predicted octanol–water partition coefficient (Wildman–Crippen LogP) is 2.57. The lowest BCUT2D eigenvalue weighted by molar-refractivity contribution is -0.126. The quantitative estimate of drug-likeness (QED) is 0.844. The minimum absolute atomic E-state index is 0.0801. The van der Waals surface area contributed by atoms with Gasteiger partial charge >= 0.3 is 0 Å². The van der Waals surface area contributed by atoms with Crippen molar-refractivity contribution in [2.75, 3.05) is 13.2 Å². The van der Waals surface area contributed by atoms with Crippen molar-refractivity contribution >= 4 is 5.78 Å². The number of hydrogen-bond donors (Lipinski definition) is 0. The summed E-state index contributed by atoms with van der Waals surface area (Å²) < 4.78 is 31.5. The number of ether oxygens (including phenoxy) is 1. The number of carbonyl (C=O) groups excluding carboxylic acids is 1. The minimum atomic E-state index is -1.12. The maximum Gasteiger partial charge on any atom is 0.157 e. The van der Waals surface area contributed by atoms with E-state index >= 15 is 0 Å². The van der Waals surface area contributed by atoms with Crippen molar-refractivity contribution in [3.05, 3.63) is 35.4 Å². The van der Waals surface area contributed by atoms with Gasteiger partial charge in [-0.1, -0.05) is 0 Å². The van der Waals surface area contributed by atoms with E-state index in [2.05, 4.69) is 0 Å². The highest BCUT2D eigenvalue weighted by atomic mass is 19.1. The van der Waals surface area contributed by atoms with E-state index in [-0.39, 0.29) is 17.3 Å². The molecule has 1 aliphatic heterocycles. The second kappa shape index (κ2) is 5.89. The third kappa shape index (κ3) is 3.15. The summed E-state index contributed by atoms with van der Waals surface area (Å²) in [4.78, 5) is 12.2. The van der Waals surface area contributed by atoms with Crippen LogP contribution in [-0.4, -0.2) is 19.0 Å². The Morgan fingerprint density at radius 2 is 1.84 bits per heavy atom. The standard InChI is InChI=1S/C14H13F2NO2/c15-11-5-10(6-12(16)7-11)13(8-17)14(18)9-1-3-19-4-2-9/h5-7,9,13H,1-4H2. The fraction of sp³-hybridized carbons (Fsp3) is 0.429. The average molecular weight is 265 g/mol. The predicted molar refractivity (Wildman–Crippen MR) is 63.3 cm³/mol. The van der Waals surface area contributed by atoms with Crippen LogP contribution in [0.2, 0.25) is 0 Å². The lowest BCUT2D eigenvalue weighted by Crippen LogP contribution is -2.27. The van der Waals surface area contributed by atoms with E-state index in [0.29, 0.717) is 26.1 Å². The second-order valence-corrected chi connectivity index (χ2v) is 4.55. The average Bonchev–Trinajstić information content (AvgIpc) is 2.39. The molecule has 0 amide bonds. The zero-order valence-electron chi connectivity index (χ0n) is 10.2. The van der Waals surface area contributed by atoms with E-state index in [1.807, 2.05) is 6.07 Å². The van der Waals surface area contributed by atoms with Gasteiger partial charge in [-0.05, 0) is 30.5 Å². The van der Waals surface area contributed by atoms with Gasteiger partial charge in [0.2, 0.25) is 0 Å². The van der Waals surface area contributed by atoms with Crippen molar-refractivity contribution < 1.29 is 18.3 Å². The van der Waals surface area contributed by atoms with Gasteiger partial charge in [0.05, 0.1) is 6.07 Å². The van der Waals surface area contributed by atoms with Crippen LogP contribution >= 0.6 is 0 Å². The lowest BCUT2D eigenvalue weighted by atomic mass is 9.84. The maximum absolute atomic E-state index is 13.1. The molecule has 1 saturated heterocycles. The minimum Gasteiger partial charge on any atom is -0.381 e. The van der Waals surface area contributed by atoms with E-state index in [0.717, 1.165) is 18.2 Å². The van der Waals surface area contributed by atoms with Crippen molar-refractivity contribution in [2.24, 2.45) is 5.92 Å². The Morgan fingerprint density at radius 1 is 1.26 bits per heavy atom. The van der Waals surface area contributed by atoms with Crippen LogP contribution in [0.4, 0.5) is 8.78 Å². The summed E-state index contributed by atoms with van der Waals surface area (Å²) in [6, 6.07) is 4.64. The molecule has 1 aromatic rings. The Hall–Kier alpha value is -1.80. The molecule has 0 radical (unpaired) electrons. The van der Waals surface area contributed by atoms with E-state index in [9.17, 15) is 13.6 Å². The Kier molecular flexibility index (Phi) is 4.23. The van der Waals surface area contributed by atoms with Crippen molar-refractivity contribution in [3.63, 3.8) is 0 Å². The first-order chi connectivity index (χ1) is 9.11. The van der Waals surface area contributed by atoms with Gasteiger partial charge in [-0.3, -0.25) is 4.79 Å². The van der Waals surface area contributed by atoms with E-state index in [4.69, 9.17) is 10.00 Å². The Balaban J connectivity index is 2.23. The summed E-state index contributed by atoms with van der Waals surface area (Å²) >= 11 is 0. The number of carbonyl (C=O) groups is 1. The number of Topliss-reactive ketones (excluding diaryl/α,β-unsaturated/α-hetero) is 1. The summed E-state index contributed by atoms with van der Waals surface area (Å²) in [5.41, 5.74) is 0.0801. The molecule has 2 rings (SSSR count). The molecule has 19 heavy (non-hydrogen) atoms. The number of ketones is 1. The number of rotatable bonds is 3. The normalized spacial score (nSPS) is 17.7. The third-order valence-corrected chi connectivity index (χ3v) is 3.26. The molecule has 100 valence electrons. The number of halogens is 2. The molecule has 1 aliphatic rings. The van der Waals surface area contributed by atoms with Crippen molar-refractivity contribution in [2.45, 2.75) is 18.8 Å². The molecule has 0 aliphatic carbocycles. The Morgan fingerprint density at radius 3 is 2.37 bits per heavy atom. The molecule has 0 aromatic heterocycles. The van der Waals surface area contributed by atoms with Crippen LogP contribution in [0.5, 0.6) is 0 Å². The zero-order valence-corrected chi connectivity index (χ0v) is 10.2. The van der Waals surface area contributed by atoms with Crippen LogP contribution in [0, 0.1) is 28.9 Å². The van der Waals surface area contributed by atoms with Crippen LogP contribution < -0.4 is 0 Å². The molecular formula is C14H13F2NO2. The molecule has 1 aromatic carbocycles. The summed E-state index contributed by atoms with van der Waals surface area (Å²) in [7, 11) is 0. The first kappa shape index (κ1) is 13.6. The van der Waals surface area contributed by atoms with Crippen LogP contribution in [0.25, 0.3) is 0 Å². The molecule has 1 fully saturated rings. The fourth-order valence-corrected chi connectivity index (χ4v) is 2.26. The molecule has 0 bridgehead atoms. The molecule has 1 unspecified atom stereocenters. The number of benzene rings is 1. The highest BCUT2D eigenvalue weighted by Crippen LogP contribution is 2.26. The molecule has 3 nitrogen and oxygen atoms in total. The Bertz CT molecular complexity index is 498. The number of nitriles is 1. The highest BCUT2D eigenvalue weighted by Gasteiger charge is 2.30. The molecule has 5 heteroatoms. The zero-order chi connectivity index (χ0) is 13.8. The van der Waals surface area contributed by atoms with Gasteiger partial charge in [-0.15, -0.1) is 0 Å². The van der Waals surface area contributed by atoms with Gasteiger partial charge in [0.15, 0.2) is 5.78 Å². The monoisotopic (exact) mass is 265 g/mol. The largest absolute Gasteiger partial charge is 0.381 e. The summed E-state index contributed by atoms with van der Waals surface area (Å²) in [6.07, 6.45) is 1.10. The smallest absolute Gasteiger partial charge is 0.157 e. The molecular weight excluding hydrogens is 252 g/mol. The van der Waals surface area contributed by atoms with Crippen LogP contribution in [0.3, 0.4) is 0 Å². The summed E-state index contributed by atoms with van der Waals surface area (Å²) in [5, 5.41) is 9.12. The van der Waals surface area contributed by atoms with Crippen molar-refractivity contribution in [3.8, 4) is 6.07 Å². The Labute approximate surface area is 109 Å². The maximum atomic E-state index is 13.1. The summed E-state index contributed by atoms with van der Waals surface area (Å²) in [6.45, 7) is 0.956. The molecule has 0 N–H and O–H groups in total. The van der Waals surface area contributed by atoms with Gasteiger partial charge in [-0.25, -0.2) is 8.78 Å². The highest BCUT2D eigenvalue weighted by molar-refractivity contribution is 5.90. The second-order valence-electron chi connectivity index (χ2n) is 4.55. The first-order valence-electron chi connectivity index (χ1n) is 6.09. The van der Waals surface area contributed by atoms with Gasteiger partial charge in [0.1, 0.15) is 17.6 Å². The van der Waals surface area contributed by atoms with E-state index < -0.39 is 17.6 Å².